The van der Waals surface area contributed by atoms with Crippen molar-refractivity contribution in [2.45, 2.75) is 197 Å². The van der Waals surface area contributed by atoms with Crippen molar-refractivity contribution in [1.29, 1.82) is 0 Å². The van der Waals surface area contributed by atoms with Crippen molar-refractivity contribution in [3.05, 3.63) is 162 Å². The molecule has 2 aliphatic rings. The van der Waals surface area contributed by atoms with Gasteiger partial charge in [-0.3, -0.25) is 62.3 Å². The average Bonchev–Trinajstić information content (AvgIpc) is 1.64. The van der Waals surface area contributed by atoms with E-state index in [1.807, 2.05) is 18.2 Å². The van der Waals surface area contributed by atoms with Gasteiger partial charge in [0.15, 0.2) is 0 Å². The Labute approximate surface area is 659 Å². The predicted octanol–water partition coefficient (Wildman–Crippen LogP) is -0.992. The van der Waals surface area contributed by atoms with Gasteiger partial charge in [-0.05, 0) is 98.4 Å². The number of likely N-dealkylation sites (tertiary alicyclic amines) is 2. The second-order valence-electron chi connectivity index (χ2n) is 29.6. The van der Waals surface area contributed by atoms with Gasteiger partial charge in [0, 0.05) is 74.2 Å². The van der Waals surface area contributed by atoms with E-state index in [0.29, 0.717) is 46.1 Å². The molecule has 13 amide bonds. The van der Waals surface area contributed by atoms with Crippen LogP contribution >= 0.6 is 0 Å². The number of aromatic amines is 2. The van der Waals surface area contributed by atoms with E-state index >= 15 is 24.0 Å². The van der Waals surface area contributed by atoms with E-state index in [0.717, 1.165) is 5.56 Å². The van der Waals surface area contributed by atoms with Gasteiger partial charge >= 0.3 is 5.97 Å². The molecule has 4 heterocycles. The zero-order chi connectivity index (χ0) is 82.7. The van der Waals surface area contributed by atoms with Crippen LogP contribution in [0, 0.1) is 11.8 Å². The summed E-state index contributed by atoms with van der Waals surface area (Å²) in [5, 5.41) is 57.3. The van der Waals surface area contributed by atoms with E-state index in [4.69, 9.17) is 11.5 Å². The maximum atomic E-state index is 15.4. The molecule has 34 nitrogen and oxygen atoms in total. The molecule has 0 spiro atoms. The molecule has 0 bridgehead atoms. The van der Waals surface area contributed by atoms with Crippen molar-refractivity contribution < 1.29 is 82.4 Å². The molecule has 114 heavy (non-hydrogen) atoms. The Morgan fingerprint density at radius 2 is 0.886 bits per heavy atom. The number of carbonyl (C=O) groups is 14. The zero-order valence-corrected chi connectivity index (χ0v) is 64.4. The third-order valence-electron chi connectivity index (χ3n) is 19.8. The number of nitrogens with one attached hydrogen (secondary N) is 12. The summed E-state index contributed by atoms with van der Waals surface area (Å²) in [6.45, 7) is 6.52. The van der Waals surface area contributed by atoms with Crippen LogP contribution in [0.5, 0.6) is 0 Å². The van der Waals surface area contributed by atoms with Crippen molar-refractivity contribution >= 4 is 93.7 Å². The lowest BCUT2D eigenvalue weighted by molar-refractivity contribution is -0.143. The highest BCUT2D eigenvalue weighted by Crippen LogP contribution is 2.26. The minimum Gasteiger partial charge on any atom is -0.480 e. The fourth-order valence-electron chi connectivity index (χ4n) is 13.8. The summed E-state index contributed by atoms with van der Waals surface area (Å²) in [6.07, 6.45) is 4.16. The second-order valence-corrected chi connectivity index (χ2v) is 29.6. The summed E-state index contributed by atoms with van der Waals surface area (Å²) in [7, 11) is 0. The van der Waals surface area contributed by atoms with Gasteiger partial charge in [0.2, 0.25) is 76.8 Å². The van der Waals surface area contributed by atoms with Gasteiger partial charge in [-0.1, -0.05) is 137 Å². The maximum absolute atomic E-state index is 15.4. The minimum atomic E-state index is -1.72. The molecule has 8 rings (SSSR count). The van der Waals surface area contributed by atoms with Crippen LogP contribution in [-0.2, 0) is 99.2 Å². The van der Waals surface area contributed by atoms with Crippen LogP contribution in [-0.4, -0.2) is 228 Å². The molecule has 0 unspecified atom stereocenters. The number of para-hydroxylation sites is 1. The Bertz CT molecular complexity index is 4300. The third-order valence-corrected chi connectivity index (χ3v) is 19.8. The number of aliphatic carboxylic acids is 1. The standard InChI is InChI=1S/C80H105N17O17/c1-45(2)33-57(88-74(107)64(43-99)95-75(108)63(42-98)94-69(102)54(81)35-48-19-9-6-10-20-48)71(104)89-58(36-49-21-11-7-12-22-49)72(105)91-60(37-50-23-13-8-14-24-50)78(111)97-32-18-28-66(97)77(110)90-59(39-52-41-83-44-85-52)73(106)92-61(38-51-40-84-55-26-16-15-25-53(51)55)79(112)96-31-17-27-65(96)76(109)86-47(5)68(101)87-56(29-30-67(82)100)70(103)93-62(80(113)114)34-46(3)4/h6-16,19-26,40-41,44-47,54,56-66,84,98-99H,17-18,27-39,42-43,81H2,1-5H3,(H2,82,100)(H,83,85)(H,86,109)(H,87,101)(H,88,107)(H,89,104)(H,90,110)(H,91,105)(H,92,106)(H,93,103)(H,94,102)(H,95,108)(H,113,114)/t47-,54-,56-,57-,58-,59-,60-,61-,62-,63-,64-,65-,66-/m0/s1. The molecule has 34 heteroatoms. The number of fused-ring (bicyclic) bond motifs is 1. The molecule has 13 atom stereocenters. The Hall–Kier alpha value is -11.9. The fraction of sp³-hybridized carbons (Fsp3) is 0.463. The van der Waals surface area contributed by atoms with E-state index in [-0.39, 0.29) is 95.6 Å². The molecule has 2 fully saturated rings. The topological polar surface area (TPSA) is 523 Å². The first-order chi connectivity index (χ1) is 54.5. The Morgan fingerprint density at radius 3 is 1.40 bits per heavy atom. The average molecular weight is 1580 g/mol. The van der Waals surface area contributed by atoms with E-state index < -0.39 is 175 Å². The molecule has 0 radical (unpaired) electrons. The largest absolute Gasteiger partial charge is 0.480 e. The number of aliphatic hydroxyl groups is 2. The van der Waals surface area contributed by atoms with Gasteiger partial charge in [0.1, 0.15) is 72.5 Å². The van der Waals surface area contributed by atoms with Gasteiger partial charge in [0.05, 0.1) is 25.6 Å². The SMILES string of the molecule is CC(C)C[C@H](NC(=O)[C@H](CCC(N)=O)NC(=O)[C@H](C)NC(=O)[C@@H]1CCCN1C(=O)[C@H](Cc1c[nH]c2ccccc12)NC(=O)[C@H](Cc1cnc[nH]1)NC(=O)[C@@H]1CCCN1C(=O)[C@H](Cc1ccccc1)NC(=O)[C@H](Cc1ccccc1)NC(=O)[C@H](CC(C)C)NC(=O)[C@H](CO)NC(=O)[C@H](CO)NC(=O)[C@@H](N)Cc1ccccc1)C(=O)O. The maximum Gasteiger partial charge on any atom is 0.326 e. The number of imidazole rings is 1. The normalized spacial score (nSPS) is 16.9. The molecule has 2 saturated heterocycles. The molecule has 612 valence electrons. The molecule has 6 aromatic rings. The van der Waals surface area contributed by atoms with E-state index in [1.165, 1.54) is 29.2 Å². The summed E-state index contributed by atoms with van der Waals surface area (Å²) < 4.78 is 0. The lowest BCUT2D eigenvalue weighted by atomic mass is 9.99. The Balaban J connectivity index is 0.993. The van der Waals surface area contributed by atoms with E-state index in [2.05, 4.69) is 68.1 Å². The first-order valence-electron chi connectivity index (χ1n) is 38.3. The number of carbonyl (C=O) groups excluding carboxylic acids is 13. The number of carboxylic acid groups (broad SMARTS) is 1. The lowest BCUT2D eigenvalue weighted by Gasteiger charge is -2.32. The second kappa shape index (κ2) is 42.7. The van der Waals surface area contributed by atoms with Crippen LogP contribution in [0.1, 0.15) is 114 Å². The number of hydrogen-bond acceptors (Lipinski definition) is 18. The predicted molar refractivity (Wildman–Crippen MR) is 416 cm³/mol. The molecular formula is C80H105N17O17. The van der Waals surface area contributed by atoms with Gasteiger partial charge in [-0.25, -0.2) is 9.78 Å². The highest BCUT2D eigenvalue weighted by molar-refractivity contribution is 6.01. The van der Waals surface area contributed by atoms with Crippen LogP contribution in [0.25, 0.3) is 10.9 Å². The number of nitrogens with zero attached hydrogens (tertiary/aromatic N) is 3. The highest BCUT2D eigenvalue weighted by Gasteiger charge is 2.44. The van der Waals surface area contributed by atoms with Gasteiger partial charge in [-0.15, -0.1) is 0 Å². The summed E-state index contributed by atoms with van der Waals surface area (Å²) in [5.74, 6) is -12.7. The number of aromatic nitrogens is 3. The number of amides is 13. The summed E-state index contributed by atoms with van der Waals surface area (Å²) in [4.78, 5) is 210. The van der Waals surface area contributed by atoms with E-state index in [1.54, 1.807) is 131 Å². The van der Waals surface area contributed by atoms with Crippen LogP contribution in [0.4, 0.5) is 0 Å². The van der Waals surface area contributed by atoms with Crippen LogP contribution in [0.3, 0.4) is 0 Å². The van der Waals surface area contributed by atoms with Crippen molar-refractivity contribution in [3.63, 3.8) is 0 Å². The summed E-state index contributed by atoms with van der Waals surface area (Å²) >= 11 is 0. The summed E-state index contributed by atoms with van der Waals surface area (Å²) in [5.41, 5.74) is 15.1. The van der Waals surface area contributed by atoms with Crippen molar-refractivity contribution in [1.82, 2.24) is 77.9 Å². The van der Waals surface area contributed by atoms with Crippen molar-refractivity contribution in [3.8, 4) is 0 Å². The number of primary amides is 1. The number of benzene rings is 4. The third kappa shape index (κ3) is 25.6. The fourth-order valence-corrected chi connectivity index (χ4v) is 13.8. The summed E-state index contributed by atoms with van der Waals surface area (Å²) in [6, 6.07) is 15.2. The molecule has 0 saturated carbocycles. The Morgan fingerprint density at radius 1 is 0.465 bits per heavy atom. The molecule has 4 aromatic carbocycles. The van der Waals surface area contributed by atoms with E-state index in [9.17, 15) is 58.5 Å². The van der Waals surface area contributed by atoms with Crippen molar-refractivity contribution in [2.24, 2.45) is 23.3 Å². The van der Waals surface area contributed by atoms with Gasteiger partial charge in [-0.2, -0.15) is 0 Å². The lowest BCUT2D eigenvalue weighted by Crippen LogP contribution is -2.61. The molecule has 2 aromatic heterocycles. The molecule has 2 aliphatic heterocycles. The Kier molecular flexibility index (Phi) is 32.8. The monoisotopic (exact) mass is 1580 g/mol. The molecular weight excluding hydrogens is 1470 g/mol. The number of rotatable bonds is 42. The number of aliphatic hydroxyl groups excluding tert-OH is 2. The first kappa shape index (κ1) is 87.7. The van der Waals surface area contributed by atoms with Crippen molar-refractivity contribution in [2.75, 3.05) is 26.3 Å². The zero-order valence-electron chi connectivity index (χ0n) is 64.4. The number of H-pyrrole nitrogens is 2. The van der Waals surface area contributed by atoms with Gasteiger partial charge in [0.25, 0.3) is 0 Å². The van der Waals surface area contributed by atoms with Crippen LogP contribution in [0.2, 0.25) is 0 Å². The molecule has 0 aliphatic carbocycles. The van der Waals surface area contributed by atoms with Crippen LogP contribution in [0.15, 0.2) is 134 Å². The number of nitrogens with two attached hydrogens (primary N) is 2. The minimum absolute atomic E-state index is 0.0150. The van der Waals surface area contributed by atoms with Crippen LogP contribution < -0.4 is 64.6 Å². The highest BCUT2D eigenvalue weighted by atomic mass is 16.4. The van der Waals surface area contributed by atoms with Gasteiger partial charge < -0.3 is 99.7 Å². The number of carboxylic acids is 1. The number of hydrogen-bond donors (Lipinski definition) is 17. The first-order valence-corrected chi connectivity index (χ1v) is 38.3. The quantitative estimate of drug-likeness (QED) is 0.0219. The smallest absolute Gasteiger partial charge is 0.326 e. The molecule has 19 N–H and O–H groups in total.